The van der Waals surface area contributed by atoms with Crippen LogP contribution in [0.1, 0.15) is 27.9 Å². The van der Waals surface area contributed by atoms with Crippen molar-refractivity contribution in [3.63, 3.8) is 0 Å². The lowest BCUT2D eigenvalue weighted by Crippen LogP contribution is -2.38. The molecule has 0 aliphatic heterocycles. The topological polar surface area (TPSA) is 29.1 Å². The van der Waals surface area contributed by atoms with Gasteiger partial charge in [-0.3, -0.25) is 4.79 Å². The number of hydrogen-bond acceptors (Lipinski definition) is 2. The zero-order chi connectivity index (χ0) is 13.2. The predicted octanol–water partition coefficient (Wildman–Crippen LogP) is 3.64. The Hall–Kier alpha value is -0.880. The van der Waals surface area contributed by atoms with E-state index in [1.165, 1.54) is 11.1 Å². The van der Waals surface area contributed by atoms with Crippen LogP contribution in [0.5, 0.6) is 0 Å². The molecular weight excluding hydrogens is 369 g/mol. The van der Waals surface area contributed by atoms with Crippen molar-refractivity contribution in [2.45, 2.75) is 25.3 Å². The third-order valence-corrected chi connectivity index (χ3v) is 5.30. The Morgan fingerprint density at radius 2 is 2.11 bits per heavy atom. The van der Waals surface area contributed by atoms with E-state index in [0.29, 0.717) is 0 Å². The van der Waals surface area contributed by atoms with Gasteiger partial charge in [0.15, 0.2) is 0 Å². The molecular formula is C15H14INOS. The van der Waals surface area contributed by atoms with E-state index >= 15 is 0 Å². The number of benzene rings is 1. The van der Waals surface area contributed by atoms with Crippen LogP contribution >= 0.6 is 33.9 Å². The van der Waals surface area contributed by atoms with E-state index in [0.717, 1.165) is 27.7 Å². The molecule has 1 aliphatic rings. The number of thiophene rings is 1. The second-order valence-electron chi connectivity index (χ2n) is 4.82. The molecule has 0 radical (unpaired) electrons. The van der Waals surface area contributed by atoms with Gasteiger partial charge in [0, 0.05) is 11.4 Å². The van der Waals surface area contributed by atoms with Crippen LogP contribution in [0, 0.1) is 2.88 Å². The Morgan fingerprint density at radius 3 is 2.84 bits per heavy atom. The molecule has 98 valence electrons. The van der Waals surface area contributed by atoms with Gasteiger partial charge < -0.3 is 5.32 Å². The summed E-state index contributed by atoms with van der Waals surface area (Å²) in [6.07, 6.45) is 3.04. The van der Waals surface area contributed by atoms with Gasteiger partial charge in [0.1, 0.15) is 0 Å². The SMILES string of the molecule is O=C(NC1CCc2ccccc2C1)c1csc(I)c1. The summed E-state index contributed by atoms with van der Waals surface area (Å²) >= 11 is 3.85. The zero-order valence-electron chi connectivity index (χ0n) is 10.4. The maximum atomic E-state index is 12.1. The fraction of sp³-hybridized carbons (Fsp3) is 0.267. The minimum Gasteiger partial charge on any atom is -0.349 e. The van der Waals surface area contributed by atoms with Crippen LogP contribution in [0.2, 0.25) is 0 Å². The summed E-state index contributed by atoms with van der Waals surface area (Å²) in [4.78, 5) is 12.1. The van der Waals surface area contributed by atoms with Crippen LogP contribution in [0.15, 0.2) is 35.7 Å². The Bertz CT molecular complexity index is 608. The first kappa shape index (κ1) is 13.1. The number of hydrogen-bond donors (Lipinski definition) is 1. The average molecular weight is 383 g/mol. The van der Waals surface area contributed by atoms with Crippen LogP contribution in [-0.4, -0.2) is 11.9 Å². The summed E-state index contributed by atoms with van der Waals surface area (Å²) in [5.41, 5.74) is 3.59. The number of aryl methyl sites for hydroxylation is 1. The molecule has 1 amide bonds. The molecule has 0 fully saturated rings. The molecule has 2 nitrogen and oxygen atoms in total. The highest BCUT2D eigenvalue weighted by molar-refractivity contribution is 14.1. The van der Waals surface area contributed by atoms with Crippen molar-refractivity contribution in [2.75, 3.05) is 0 Å². The maximum absolute atomic E-state index is 12.1. The van der Waals surface area contributed by atoms with E-state index in [2.05, 4.69) is 52.2 Å². The first-order chi connectivity index (χ1) is 9.22. The highest BCUT2D eigenvalue weighted by Gasteiger charge is 2.20. The fourth-order valence-electron chi connectivity index (χ4n) is 2.52. The molecule has 0 saturated carbocycles. The van der Waals surface area contributed by atoms with E-state index in [9.17, 15) is 4.79 Å². The molecule has 0 bridgehead atoms. The highest BCUT2D eigenvalue weighted by atomic mass is 127. The van der Waals surface area contributed by atoms with Gasteiger partial charge in [-0.15, -0.1) is 11.3 Å². The number of carbonyl (C=O) groups excluding carboxylic acids is 1. The van der Waals surface area contributed by atoms with Crippen molar-refractivity contribution < 1.29 is 4.79 Å². The molecule has 1 aromatic heterocycles. The smallest absolute Gasteiger partial charge is 0.252 e. The molecule has 1 aliphatic carbocycles. The molecule has 1 unspecified atom stereocenters. The Morgan fingerprint density at radius 1 is 1.32 bits per heavy atom. The molecule has 1 aromatic carbocycles. The molecule has 1 N–H and O–H groups in total. The number of amides is 1. The van der Waals surface area contributed by atoms with Crippen molar-refractivity contribution in [3.05, 3.63) is 55.3 Å². The third-order valence-electron chi connectivity index (χ3n) is 3.51. The van der Waals surface area contributed by atoms with Gasteiger partial charge in [0.05, 0.1) is 8.45 Å². The van der Waals surface area contributed by atoms with E-state index in [1.54, 1.807) is 11.3 Å². The van der Waals surface area contributed by atoms with E-state index in [1.807, 2.05) is 11.4 Å². The molecule has 1 heterocycles. The molecule has 4 heteroatoms. The number of carbonyl (C=O) groups is 1. The monoisotopic (exact) mass is 383 g/mol. The Kier molecular flexibility index (Phi) is 3.88. The molecule has 0 saturated heterocycles. The largest absolute Gasteiger partial charge is 0.349 e. The molecule has 19 heavy (non-hydrogen) atoms. The minimum absolute atomic E-state index is 0.0588. The number of fused-ring (bicyclic) bond motifs is 1. The van der Waals surface area contributed by atoms with Crippen LogP contribution in [-0.2, 0) is 12.8 Å². The van der Waals surface area contributed by atoms with Crippen LogP contribution in [0.4, 0.5) is 0 Å². The number of nitrogens with one attached hydrogen (secondary N) is 1. The van der Waals surface area contributed by atoms with Crippen molar-refractivity contribution >= 4 is 39.8 Å². The summed E-state index contributed by atoms with van der Waals surface area (Å²) in [6.45, 7) is 0. The lowest BCUT2D eigenvalue weighted by atomic mass is 9.88. The summed E-state index contributed by atoms with van der Waals surface area (Å²) in [7, 11) is 0. The molecule has 3 rings (SSSR count). The average Bonchev–Trinajstić information content (AvgIpc) is 2.85. The normalized spacial score (nSPS) is 17.8. The summed E-state index contributed by atoms with van der Waals surface area (Å²) in [5, 5.41) is 5.08. The Balaban J connectivity index is 1.68. The van der Waals surface area contributed by atoms with Crippen LogP contribution in [0.25, 0.3) is 0 Å². The first-order valence-electron chi connectivity index (χ1n) is 6.34. The quantitative estimate of drug-likeness (QED) is 0.789. The fourth-order valence-corrected chi connectivity index (χ4v) is 3.85. The number of rotatable bonds is 2. The van der Waals surface area contributed by atoms with Gasteiger partial charge in [-0.25, -0.2) is 0 Å². The predicted molar refractivity (Wildman–Crippen MR) is 86.8 cm³/mol. The molecule has 2 aromatic rings. The van der Waals surface area contributed by atoms with Crippen molar-refractivity contribution in [1.82, 2.24) is 5.32 Å². The van der Waals surface area contributed by atoms with Gasteiger partial charge in [-0.05, 0) is 59.0 Å². The number of halogens is 1. The first-order valence-corrected chi connectivity index (χ1v) is 8.30. The second kappa shape index (κ2) is 5.63. The van der Waals surface area contributed by atoms with Gasteiger partial charge in [0.25, 0.3) is 5.91 Å². The summed E-state index contributed by atoms with van der Waals surface area (Å²) < 4.78 is 1.15. The summed E-state index contributed by atoms with van der Waals surface area (Å²) in [6, 6.07) is 10.7. The summed E-state index contributed by atoms with van der Waals surface area (Å²) in [5.74, 6) is 0.0588. The minimum atomic E-state index is 0.0588. The standard InChI is InChI=1S/C15H14INOS/c16-14-8-12(9-19-14)15(18)17-13-6-5-10-3-1-2-4-11(10)7-13/h1-4,8-9,13H,5-7H2,(H,17,18). The molecule has 1 atom stereocenters. The van der Waals surface area contributed by atoms with Gasteiger partial charge in [-0.1, -0.05) is 24.3 Å². The van der Waals surface area contributed by atoms with Gasteiger partial charge >= 0.3 is 0 Å². The second-order valence-corrected chi connectivity index (χ2v) is 7.63. The van der Waals surface area contributed by atoms with E-state index in [4.69, 9.17) is 0 Å². The Labute approximate surface area is 130 Å². The van der Waals surface area contributed by atoms with Crippen LogP contribution in [0.3, 0.4) is 0 Å². The van der Waals surface area contributed by atoms with Gasteiger partial charge in [-0.2, -0.15) is 0 Å². The maximum Gasteiger partial charge on any atom is 0.252 e. The zero-order valence-corrected chi connectivity index (χ0v) is 13.3. The van der Waals surface area contributed by atoms with E-state index < -0.39 is 0 Å². The van der Waals surface area contributed by atoms with Crippen molar-refractivity contribution in [1.29, 1.82) is 0 Å². The van der Waals surface area contributed by atoms with Gasteiger partial charge in [0.2, 0.25) is 0 Å². The lowest BCUT2D eigenvalue weighted by molar-refractivity contribution is 0.0934. The van der Waals surface area contributed by atoms with Crippen molar-refractivity contribution in [2.24, 2.45) is 0 Å². The lowest BCUT2D eigenvalue weighted by Gasteiger charge is -2.25. The van der Waals surface area contributed by atoms with E-state index in [-0.39, 0.29) is 11.9 Å². The third kappa shape index (κ3) is 3.00. The van der Waals surface area contributed by atoms with Crippen LogP contribution < -0.4 is 5.32 Å². The van der Waals surface area contributed by atoms with Crippen molar-refractivity contribution in [3.8, 4) is 0 Å². The molecule has 0 spiro atoms. The highest BCUT2D eigenvalue weighted by Crippen LogP contribution is 2.22.